The van der Waals surface area contributed by atoms with Gasteiger partial charge in [0.05, 0.1) is 19.6 Å². The summed E-state index contributed by atoms with van der Waals surface area (Å²) in [5, 5.41) is 12.4. The van der Waals surface area contributed by atoms with E-state index >= 15 is 0 Å². The van der Waals surface area contributed by atoms with Crippen LogP contribution in [0.2, 0.25) is 0 Å². The molecule has 2 atom stereocenters. The normalized spacial score (nSPS) is 22.6. The van der Waals surface area contributed by atoms with Crippen LogP contribution in [0, 0.1) is 5.92 Å². The van der Waals surface area contributed by atoms with Gasteiger partial charge in [-0.3, -0.25) is 4.79 Å². The Morgan fingerprint density at radius 1 is 1.57 bits per heavy atom. The maximum Gasteiger partial charge on any atom is 0.309 e. The van der Waals surface area contributed by atoms with Gasteiger partial charge in [-0.2, -0.15) is 0 Å². The van der Waals surface area contributed by atoms with Crippen LogP contribution in [0.4, 0.5) is 0 Å². The maximum absolute atomic E-state index is 11.2. The van der Waals surface area contributed by atoms with E-state index in [2.05, 4.69) is 10.1 Å². The molecule has 0 amide bonds. The number of rotatable bonds is 5. The smallest absolute Gasteiger partial charge is 0.309 e. The molecule has 1 saturated carbocycles. The average molecular weight is 201 g/mol. The lowest BCUT2D eigenvalue weighted by molar-refractivity contribution is -0.145. The van der Waals surface area contributed by atoms with Crippen molar-refractivity contribution in [3.05, 3.63) is 0 Å². The predicted octanol–water partition coefficient (Wildman–Crippen LogP) is 0.298. The van der Waals surface area contributed by atoms with Crippen LogP contribution in [0.5, 0.6) is 0 Å². The second kappa shape index (κ2) is 4.28. The molecular weight excluding hydrogens is 182 g/mol. The fourth-order valence-electron chi connectivity index (χ4n) is 1.50. The fraction of sp³-hybridized carbons (Fsp3) is 0.900. The Morgan fingerprint density at radius 3 is 2.50 bits per heavy atom. The first kappa shape index (κ1) is 11.5. The Labute approximate surface area is 84.6 Å². The van der Waals surface area contributed by atoms with E-state index in [4.69, 9.17) is 5.11 Å². The maximum atomic E-state index is 11.2. The summed E-state index contributed by atoms with van der Waals surface area (Å²) in [6.45, 7) is 3.92. The van der Waals surface area contributed by atoms with Crippen LogP contribution in [0.25, 0.3) is 0 Å². The minimum Gasteiger partial charge on any atom is -0.469 e. The SMILES string of the molecule is COC(=O)C(C)C(C)NC1(CO)CC1. The molecule has 0 aromatic carbocycles. The molecule has 0 heterocycles. The van der Waals surface area contributed by atoms with E-state index in [1.807, 2.05) is 13.8 Å². The molecule has 0 radical (unpaired) electrons. The fourth-order valence-corrected chi connectivity index (χ4v) is 1.50. The monoisotopic (exact) mass is 201 g/mol. The lowest BCUT2D eigenvalue weighted by Gasteiger charge is -2.24. The second-order valence-electron chi connectivity index (χ2n) is 4.18. The van der Waals surface area contributed by atoms with Gasteiger partial charge in [-0.1, -0.05) is 6.92 Å². The third-order valence-corrected chi connectivity index (χ3v) is 3.01. The summed E-state index contributed by atoms with van der Waals surface area (Å²) in [6, 6.07) is 0.0390. The number of hydrogen-bond acceptors (Lipinski definition) is 4. The Kier molecular flexibility index (Phi) is 3.50. The number of carbonyl (C=O) groups is 1. The van der Waals surface area contributed by atoms with Crippen LogP contribution in [0.15, 0.2) is 0 Å². The number of methoxy groups -OCH3 is 1. The first-order valence-electron chi connectivity index (χ1n) is 5.01. The van der Waals surface area contributed by atoms with Gasteiger partial charge < -0.3 is 15.2 Å². The minimum atomic E-state index is -0.210. The summed E-state index contributed by atoms with van der Waals surface area (Å²) < 4.78 is 4.66. The molecule has 14 heavy (non-hydrogen) atoms. The van der Waals surface area contributed by atoms with Crippen molar-refractivity contribution in [2.45, 2.75) is 38.3 Å². The van der Waals surface area contributed by atoms with Crippen molar-refractivity contribution in [1.29, 1.82) is 0 Å². The van der Waals surface area contributed by atoms with Crippen molar-refractivity contribution in [3.63, 3.8) is 0 Å². The van der Waals surface area contributed by atoms with E-state index < -0.39 is 0 Å². The molecule has 1 rings (SSSR count). The second-order valence-corrected chi connectivity index (χ2v) is 4.18. The highest BCUT2D eigenvalue weighted by Crippen LogP contribution is 2.35. The Hall–Kier alpha value is -0.610. The molecule has 1 fully saturated rings. The van der Waals surface area contributed by atoms with Gasteiger partial charge in [0, 0.05) is 11.6 Å². The van der Waals surface area contributed by atoms with Crippen molar-refractivity contribution >= 4 is 5.97 Å². The Balaban J connectivity index is 2.41. The third kappa shape index (κ3) is 2.45. The summed E-state index contributed by atoms with van der Waals surface area (Å²) in [6.07, 6.45) is 1.98. The largest absolute Gasteiger partial charge is 0.469 e. The van der Waals surface area contributed by atoms with E-state index in [0.717, 1.165) is 12.8 Å². The zero-order valence-corrected chi connectivity index (χ0v) is 9.04. The van der Waals surface area contributed by atoms with E-state index in [1.54, 1.807) is 0 Å². The standard InChI is InChI=1S/C10H19NO3/c1-7(9(13)14-3)8(2)11-10(6-12)4-5-10/h7-8,11-12H,4-6H2,1-3H3. The molecule has 0 aromatic rings. The molecule has 2 unspecified atom stereocenters. The highest BCUT2D eigenvalue weighted by molar-refractivity contribution is 5.72. The number of nitrogens with one attached hydrogen (secondary N) is 1. The zero-order valence-electron chi connectivity index (χ0n) is 9.04. The Bertz CT molecular complexity index is 213. The number of aliphatic hydroxyl groups is 1. The average Bonchev–Trinajstić information content (AvgIpc) is 2.96. The van der Waals surface area contributed by atoms with E-state index in [0.29, 0.717) is 0 Å². The number of aliphatic hydroxyl groups excluding tert-OH is 1. The predicted molar refractivity (Wildman–Crippen MR) is 52.8 cm³/mol. The zero-order chi connectivity index (χ0) is 10.8. The molecule has 0 bridgehead atoms. The van der Waals surface area contributed by atoms with Gasteiger partial charge in [-0.25, -0.2) is 0 Å². The summed E-state index contributed by atoms with van der Waals surface area (Å²) in [4.78, 5) is 11.2. The molecule has 0 spiro atoms. The molecule has 82 valence electrons. The summed E-state index contributed by atoms with van der Waals surface area (Å²) in [7, 11) is 1.39. The molecule has 0 aromatic heterocycles. The van der Waals surface area contributed by atoms with Crippen molar-refractivity contribution < 1.29 is 14.6 Å². The first-order chi connectivity index (χ1) is 6.54. The van der Waals surface area contributed by atoms with Gasteiger partial charge in [-0.05, 0) is 19.8 Å². The van der Waals surface area contributed by atoms with Crippen molar-refractivity contribution in [1.82, 2.24) is 5.32 Å². The van der Waals surface area contributed by atoms with Crippen LogP contribution >= 0.6 is 0 Å². The molecule has 1 aliphatic rings. The molecule has 4 nitrogen and oxygen atoms in total. The minimum absolute atomic E-state index is 0.0390. The third-order valence-electron chi connectivity index (χ3n) is 3.01. The van der Waals surface area contributed by atoms with Crippen LogP contribution in [0.1, 0.15) is 26.7 Å². The van der Waals surface area contributed by atoms with Gasteiger partial charge in [0.1, 0.15) is 0 Å². The van der Waals surface area contributed by atoms with Crippen LogP contribution in [-0.2, 0) is 9.53 Å². The summed E-state index contributed by atoms with van der Waals surface area (Å²) in [5.41, 5.74) is -0.123. The van der Waals surface area contributed by atoms with Crippen LogP contribution in [0.3, 0.4) is 0 Å². The van der Waals surface area contributed by atoms with Crippen molar-refractivity contribution in [2.75, 3.05) is 13.7 Å². The molecule has 0 saturated heterocycles. The number of ether oxygens (including phenoxy) is 1. The van der Waals surface area contributed by atoms with Gasteiger partial charge in [-0.15, -0.1) is 0 Å². The van der Waals surface area contributed by atoms with Gasteiger partial charge in [0.25, 0.3) is 0 Å². The highest BCUT2D eigenvalue weighted by atomic mass is 16.5. The lowest BCUT2D eigenvalue weighted by Crippen LogP contribution is -2.46. The molecular formula is C10H19NO3. The number of esters is 1. The van der Waals surface area contributed by atoms with Crippen molar-refractivity contribution in [3.8, 4) is 0 Å². The number of carbonyl (C=O) groups excluding carboxylic acids is 1. The topological polar surface area (TPSA) is 58.6 Å². The van der Waals surface area contributed by atoms with Gasteiger partial charge in [0.15, 0.2) is 0 Å². The molecule has 4 heteroatoms. The van der Waals surface area contributed by atoms with Crippen molar-refractivity contribution in [2.24, 2.45) is 5.92 Å². The summed E-state index contributed by atoms with van der Waals surface area (Å²) in [5.74, 6) is -0.386. The molecule has 0 aliphatic heterocycles. The quantitative estimate of drug-likeness (QED) is 0.628. The molecule has 1 aliphatic carbocycles. The van der Waals surface area contributed by atoms with Gasteiger partial charge >= 0.3 is 5.97 Å². The molecule has 2 N–H and O–H groups in total. The lowest BCUT2D eigenvalue weighted by atomic mass is 10.0. The first-order valence-corrected chi connectivity index (χ1v) is 5.01. The van der Waals surface area contributed by atoms with E-state index in [9.17, 15) is 4.79 Å². The highest BCUT2D eigenvalue weighted by Gasteiger charge is 2.43. The summed E-state index contributed by atoms with van der Waals surface area (Å²) >= 11 is 0. The van der Waals surface area contributed by atoms with Crippen LogP contribution in [-0.4, -0.2) is 36.4 Å². The van der Waals surface area contributed by atoms with Gasteiger partial charge in [0.2, 0.25) is 0 Å². The Morgan fingerprint density at radius 2 is 2.14 bits per heavy atom. The van der Waals surface area contributed by atoms with E-state index in [1.165, 1.54) is 7.11 Å². The van der Waals surface area contributed by atoms with Crippen LogP contribution < -0.4 is 5.32 Å². The van der Waals surface area contributed by atoms with E-state index in [-0.39, 0.29) is 30.1 Å². The number of hydrogen-bond donors (Lipinski definition) is 2.